The highest BCUT2D eigenvalue weighted by Crippen LogP contribution is 2.28. The number of para-hydroxylation sites is 1. The summed E-state index contributed by atoms with van der Waals surface area (Å²) in [6.07, 6.45) is 6.99. The Kier molecular flexibility index (Phi) is 5.70. The van der Waals surface area contributed by atoms with Crippen LogP contribution in [0.25, 0.3) is 0 Å². The fraction of sp³-hybridized carbons (Fsp3) is 0.550. The number of hydrogen-bond donors (Lipinski definition) is 1. The molecule has 1 heterocycles. The SMILES string of the molecule is N#Cc1ccccc1NC(=O)C1CCN(C(=O)C2CCCCC2)CC1. The molecule has 0 radical (unpaired) electrons. The zero-order valence-electron chi connectivity index (χ0n) is 14.5. The molecule has 132 valence electrons. The van der Waals surface area contributed by atoms with Gasteiger partial charge in [0.2, 0.25) is 11.8 Å². The Balaban J connectivity index is 1.52. The minimum absolute atomic E-state index is 0.0486. The smallest absolute Gasteiger partial charge is 0.227 e. The second-order valence-corrected chi connectivity index (χ2v) is 7.08. The third kappa shape index (κ3) is 4.19. The molecular weight excluding hydrogens is 314 g/mol. The third-order valence-corrected chi connectivity index (χ3v) is 5.44. The van der Waals surface area contributed by atoms with Crippen LogP contribution in [0.3, 0.4) is 0 Å². The molecule has 0 aromatic heterocycles. The second-order valence-electron chi connectivity index (χ2n) is 7.08. The van der Waals surface area contributed by atoms with E-state index >= 15 is 0 Å². The molecule has 2 amide bonds. The summed E-state index contributed by atoms with van der Waals surface area (Å²) in [6, 6.07) is 9.13. The van der Waals surface area contributed by atoms with Gasteiger partial charge in [-0.15, -0.1) is 0 Å². The van der Waals surface area contributed by atoms with Gasteiger partial charge in [0, 0.05) is 24.9 Å². The van der Waals surface area contributed by atoms with Crippen LogP contribution in [0.5, 0.6) is 0 Å². The summed E-state index contributed by atoms with van der Waals surface area (Å²) in [4.78, 5) is 27.0. The molecule has 5 nitrogen and oxygen atoms in total. The van der Waals surface area contributed by atoms with Crippen LogP contribution in [0.1, 0.15) is 50.5 Å². The highest BCUT2D eigenvalue weighted by atomic mass is 16.2. The predicted molar refractivity (Wildman–Crippen MR) is 95.7 cm³/mol. The number of rotatable bonds is 3. The number of carbonyl (C=O) groups is 2. The molecule has 1 aliphatic heterocycles. The van der Waals surface area contributed by atoms with E-state index < -0.39 is 0 Å². The predicted octanol–water partition coefficient (Wildman–Crippen LogP) is 3.32. The number of anilines is 1. The minimum Gasteiger partial charge on any atom is -0.342 e. The van der Waals surface area contributed by atoms with Crippen molar-refractivity contribution >= 4 is 17.5 Å². The van der Waals surface area contributed by atoms with Crippen LogP contribution < -0.4 is 5.32 Å². The van der Waals surface area contributed by atoms with E-state index in [9.17, 15) is 9.59 Å². The Morgan fingerprint density at radius 3 is 2.36 bits per heavy atom. The molecule has 2 aliphatic rings. The summed E-state index contributed by atoms with van der Waals surface area (Å²) in [7, 11) is 0. The van der Waals surface area contributed by atoms with Crippen molar-refractivity contribution in [1.29, 1.82) is 5.26 Å². The molecule has 1 aliphatic carbocycles. The van der Waals surface area contributed by atoms with Crippen LogP contribution >= 0.6 is 0 Å². The molecule has 1 aromatic carbocycles. The van der Waals surface area contributed by atoms with E-state index in [1.807, 2.05) is 11.0 Å². The standard InChI is InChI=1S/C20H25N3O2/c21-14-17-8-4-5-9-18(17)22-19(24)15-10-12-23(13-11-15)20(25)16-6-2-1-3-7-16/h4-5,8-9,15-16H,1-3,6-7,10-13H2,(H,22,24). The summed E-state index contributed by atoms with van der Waals surface area (Å²) < 4.78 is 0. The van der Waals surface area contributed by atoms with Crippen molar-refractivity contribution in [3.05, 3.63) is 29.8 Å². The molecule has 5 heteroatoms. The lowest BCUT2D eigenvalue weighted by Gasteiger charge is -2.34. The molecule has 1 saturated carbocycles. The molecule has 25 heavy (non-hydrogen) atoms. The topological polar surface area (TPSA) is 73.2 Å². The maximum Gasteiger partial charge on any atom is 0.227 e. The Morgan fingerprint density at radius 2 is 1.68 bits per heavy atom. The number of nitriles is 1. The van der Waals surface area contributed by atoms with Crippen molar-refractivity contribution in [2.45, 2.75) is 44.9 Å². The normalized spacial score (nSPS) is 19.2. The lowest BCUT2D eigenvalue weighted by Crippen LogP contribution is -2.44. The lowest BCUT2D eigenvalue weighted by atomic mass is 9.87. The van der Waals surface area contributed by atoms with E-state index in [2.05, 4.69) is 11.4 Å². The van der Waals surface area contributed by atoms with Gasteiger partial charge in [-0.05, 0) is 37.8 Å². The lowest BCUT2D eigenvalue weighted by molar-refractivity contribution is -0.139. The molecule has 0 spiro atoms. The molecule has 1 N–H and O–H groups in total. The molecular formula is C20H25N3O2. The number of carbonyl (C=O) groups excluding carboxylic acids is 2. The van der Waals surface area contributed by atoms with Crippen molar-refractivity contribution in [1.82, 2.24) is 4.90 Å². The number of piperidine rings is 1. The van der Waals surface area contributed by atoms with Crippen LogP contribution in [0, 0.1) is 23.2 Å². The summed E-state index contributed by atoms with van der Waals surface area (Å²) in [5.41, 5.74) is 1.04. The van der Waals surface area contributed by atoms with Crippen molar-refractivity contribution in [3.63, 3.8) is 0 Å². The van der Waals surface area contributed by atoms with Crippen molar-refractivity contribution in [2.24, 2.45) is 11.8 Å². The maximum atomic E-state index is 12.6. The Labute approximate surface area is 149 Å². The molecule has 0 unspecified atom stereocenters. The van der Waals surface area contributed by atoms with Gasteiger partial charge in [0.15, 0.2) is 0 Å². The fourth-order valence-electron chi connectivity index (χ4n) is 3.89. The average molecular weight is 339 g/mol. The van der Waals surface area contributed by atoms with Crippen molar-refractivity contribution < 1.29 is 9.59 Å². The number of likely N-dealkylation sites (tertiary alicyclic amines) is 1. The molecule has 1 saturated heterocycles. The van der Waals surface area contributed by atoms with Crippen LogP contribution in [0.15, 0.2) is 24.3 Å². The van der Waals surface area contributed by atoms with Gasteiger partial charge in [-0.1, -0.05) is 31.4 Å². The fourth-order valence-corrected chi connectivity index (χ4v) is 3.89. The van der Waals surface area contributed by atoms with Gasteiger partial charge in [-0.2, -0.15) is 5.26 Å². The molecule has 0 atom stereocenters. The highest BCUT2D eigenvalue weighted by Gasteiger charge is 2.31. The van der Waals surface area contributed by atoms with Crippen LogP contribution in [0.2, 0.25) is 0 Å². The number of hydrogen-bond acceptors (Lipinski definition) is 3. The molecule has 0 bridgehead atoms. The maximum absolute atomic E-state index is 12.6. The largest absolute Gasteiger partial charge is 0.342 e. The Bertz CT molecular complexity index is 666. The first-order chi connectivity index (χ1) is 12.2. The van der Waals surface area contributed by atoms with Gasteiger partial charge >= 0.3 is 0 Å². The molecule has 2 fully saturated rings. The monoisotopic (exact) mass is 339 g/mol. The summed E-state index contributed by atoms with van der Waals surface area (Å²) in [6.45, 7) is 1.32. The highest BCUT2D eigenvalue weighted by molar-refractivity contribution is 5.94. The van der Waals surface area contributed by atoms with Crippen LogP contribution in [-0.2, 0) is 9.59 Å². The number of nitrogens with one attached hydrogen (secondary N) is 1. The number of nitrogens with zero attached hydrogens (tertiary/aromatic N) is 2. The van der Waals surface area contributed by atoms with Gasteiger partial charge < -0.3 is 10.2 Å². The minimum atomic E-state index is -0.0952. The van der Waals surface area contributed by atoms with E-state index in [1.54, 1.807) is 18.2 Å². The summed E-state index contributed by atoms with van der Waals surface area (Å²) in [5.74, 6) is 0.338. The zero-order chi connectivity index (χ0) is 17.6. The first-order valence-electron chi connectivity index (χ1n) is 9.28. The zero-order valence-corrected chi connectivity index (χ0v) is 14.5. The van der Waals surface area contributed by atoms with E-state index in [1.165, 1.54) is 6.42 Å². The van der Waals surface area contributed by atoms with E-state index in [0.717, 1.165) is 25.7 Å². The van der Waals surface area contributed by atoms with Gasteiger partial charge in [0.05, 0.1) is 11.3 Å². The van der Waals surface area contributed by atoms with E-state index in [4.69, 9.17) is 5.26 Å². The van der Waals surface area contributed by atoms with Crippen molar-refractivity contribution in [3.8, 4) is 6.07 Å². The van der Waals surface area contributed by atoms with Crippen molar-refractivity contribution in [2.75, 3.05) is 18.4 Å². The Hall–Kier alpha value is -2.35. The summed E-state index contributed by atoms with van der Waals surface area (Å²) in [5, 5.41) is 12.0. The van der Waals surface area contributed by atoms with Gasteiger partial charge in [-0.25, -0.2) is 0 Å². The molecule has 3 rings (SSSR count). The van der Waals surface area contributed by atoms with Gasteiger partial charge in [-0.3, -0.25) is 9.59 Å². The number of amides is 2. The Morgan fingerprint density at radius 1 is 1.00 bits per heavy atom. The first-order valence-corrected chi connectivity index (χ1v) is 9.28. The van der Waals surface area contributed by atoms with E-state index in [-0.39, 0.29) is 23.7 Å². The third-order valence-electron chi connectivity index (χ3n) is 5.44. The van der Waals surface area contributed by atoms with Gasteiger partial charge in [0.25, 0.3) is 0 Å². The number of benzene rings is 1. The quantitative estimate of drug-likeness (QED) is 0.918. The van der Waals surface area contributed by atoms with Crippen LogP contribution in [0.4, 0.5) is 5.69 Å². The second kappa shape index (κ2) is 8.15. The first kappa shape index (κ1) is 17.5. The van der Waals surface area contributed by atoms with E-state index in [0.29, 0.717) is 37.2 Å². The van der Waals surface area contributed by atoms with Gasteiger partial charge in [0.1, 0.15) is 6.07 Å². The van der Waals surface area contributed by atoms with Crippen LogP contribution in [-0.4, -0.2) is 29.8 Å². The average Bonchev–Trinajstić information content (AvgIpc) is 2.68. The molecule has 1 aromatic rings. The summed E-state index contributed by atoms with van der Waals surface area (Å²) >= 11 is 0.